The summed E-state index contributed by atoms with van der Waals surface area (Å²) in [4.78, 5) is 21.4. The number of aryl methyl sites for hydroxylation is 1. The van der Waals surface area contributed by atoms with Crippen LogP contribution in [0.15, 0.2) is 54.6 Å². The van der Waals surface area contributed by atoms with Gasteiger partial charge in [0, 0.05) is 34.7 Å². The maximum atomic E-state index is 13.3. The third-order valence-electron chi connectivity index (χ3n) is 5.29. The Kier molecular flexibility index (Phi) is 6.40. The lowest BCUT2D eigenvalue weighted by Crippen LogP contribution is -2.23. The SMILES string of the molecule is Cc1cc(Nc2ccc(NC(=O)c3cccc(F)c3)cc2)nc(NC2CCCCC2)n1. The van der Waals surface area contributed by atoms with Crippen molar-refractivity contribution in [2.45, 2.75) is 45.1 Å². The van der Waals surface area contributed by atoms with Crippen LogP contribution in [0, 0.1) is 12.7 Å². The van der Waals surface area contributed by atoms with E-state index in [1.54, 1.807) is 18.2 Å². The zero-order chi connectivity index (χ0) is 21.6. The van der Waals surface area contributed by atoms with Crippen LogP contribution in [-0.2, 0) is 0 Å². The fourth-order valence-corrected chi connectivity index (χ4v) is 3.74. The molecule has 6 nitrogen and oxygen atoms in total. The van der Waals surface area contributed by atoms with Gasteiger partial charge in [0.25, 0.3) is 5.91 Å². The van der Waals surface area contributed by atoms with Gasteiger partial charge in [-0.1, -0.05) is 25.3 Å². The Balaban J connectivity index is 1.40. The van der Waals surface area contributed by atoms with Gasteiger partial charge in [0.1, 0.15) is 11.6 Å². The van der Waals surface area contributed by atoms with E-state index in [0.29, 0.717) is 23.5 Å². The Morgan fingerprint density at radius 3 is 2.45 bits per heavy atom. The van der Waals surface area contributed by atoms with Gasteiger partial charge in [-0.2, -0.15) is 4.98 Å². The molecule has 0 bridgehead atoms. The van der Waals surface area contributed by atoms with Crippen LogP contribution in [0.2, 0.25) is 0 Å². The summed E-state index contributed by atoms with van der Waals surface area (Å²) in [5.74, 6) is 0.561. The first-order chi connectivity index (χ1) is 15.0. The number of nitrogens with one attached hydrogen (secondary N) is 3. The number of benzene rings is 2. The number of nitrogens with zero attached hydrogens (tertiary/aromatic N) is 2. The molecule has 1 aromatic heterocycles. The summed E-state index contributed by atoms with van der Waals surface area (Å²) < 4.78 is 13.3. The summed E-state index contributed by atoms with van der Waals surface area (Å²) in [6, 6.07) is 15.2. The number of hydrogen-bond acceptors (Lipinski definition) is 5. The van der Waals surface area contributed by atoms with Crippen LogP contribution in [0.5, 0.6) is 0 Å². The second kappa shape index (κ2) is 9.55. The highest BCUT2D eigenvalue weighted by atomic mass is 19.1. The second-order valence-electron chi connectivity index (χ2n) is 7.86. The molecule has 3 aromatic rings. The molecule has 31 heavy (non-hydrogen) atoms. The summed E-state index contributed by atoms with van der Waals surface area (Å²) in [5.41, 5.74) is 2.62. The Bertz CT molecular complexity index is 1050. The standard InChI is InChI=1S/C24H26FN5O/c1-16-14-22(30-24(26-16)29-19-8-3-2-4-9-19)27-20-10-12-21(13-11-20)28-23(31)17-6-5-7-18(25)15-17/h5-7,10-15,19H,2-4,8-9H2,1H3,(H,28,31)(H2,26,27,29,30). The Morgan fingerprint density at radius 2 is 1.71 bits per heavy atom. The minimum atomic E-state index is -0.440. The first kappa shape index (κ1) is 20.8. The molecular formula is C24H26FN5O. The van der Waals surface area contributed by atoms with Crippen LogP contribution in [0.1, 0.15) is 48.2 Å². The van der Waals surface area contributed by atoms with Crippen molar-refractivity contribution in [2.24, 2.45) is 0 Å². The van der Waals surface area contributed by atoms with Crippen LogP contribution < -0.4 is 16.0 Å². The second-order valence-corrected chi connectivity index (χ2v) is 7.86. The molecule has 0 spiro atoms. The van der Waals surface area contributed by atoms with Gasteiger partial charge < -0.3 is 16.0 Å². The molecule has 3 N–H and O–H groups in total. The van der Waals surface area contributed by atoms with Crippen molar-refractivity contribution in [1.82, 2.24) is 9.97 Å². The summed E-state index contributed by atoms with van der Waals surface area (Å²) in [6.45, 7) is 1.95. The van der Waals surface area contributed by atoms with Crippen molar-refractivity contribution in [3.8, 4) is 0 Å². The highest BCUT2D eigenvalue weighted by molar-refractivity contribution is 6.04. The van der Waals surface area contributed by atoms with E-state index in [1.807, 2.05) is 25.1 Å². The van der Waals surface area contributed by atoms with E-state index in [4.69, 9.17) is 0 Å². The molecular weight excluding hydrogens is 393 g/mol. The highest BCUT2D eigenvalue weighted by Crippen LogP contribution is 2.23. The average Bonchev–Trinajstić information content (AvgIpc) is 2.75. The van der Waals surface area contributed by atoms with Crippen molar-refractivity contribution < 1.29 is 9.18 Å². The lowest BCUT2D eigenvalue weighted by atomic mass is 9.96. The number of rotatable bonds is 6. The summed E-state index contributed by atoms with van der Waals surface area (Å²) >= 11 is 0. The molecule has 1 aliphatic carbocycles. The van der Waals surface area contributed by atoms with Gasteiger partial charge in [0.2, 0.25) is 5.95 Å². The molecule has 0 atom stereocenters. The summed E-state index contributed by atoms with van der Waals surface area (Å²) in [7, 11) is 0. The molecule has 2 aromatic carbocycles. The molecule has 1 saturated carbocycles. The molecule has 160 valence electrons. The molecule has 1 amide bonds. The third kappa shape index (κ3) is 5.78. The largest absolute Gasteiger partial charge is 0.351 e. The van der Waals surface area contributed by atoms with Crippen molar-refractivity contribution in [1.29, 1.82) is 0 Å². The normalized spacial score (nSPS) is 14.1. The molecule has 4 rings (SSSR count). The minimum Gasteiger partial charge on any atom is -0.351 e. The van der Waals surface area contributed by atoms with E-state index >= 15 is 0 Å². The smallest absolute Gasteiger partial charge is 0.255 e. The van der Waals surface area contributed by atoms with Crippen LogP contribution in [0.25, 0.3) is 0 Å². The molecule has 7 heteroatoms. The number of aromatic nitrogens is 2. The fraction of sp³-hybridized carbons (Fsp3) is 0.292. The summed E-state index contributed by atoms with van der Waals surface area (Å²) in [5, 5.41) is 9.52. The van der Waals surface area contributed by atoms with Gasteiger partial charge in [0.15, 0.2) is 0 Å². The minimum absolute atomic E-state index is 0.275. The zero-order valence-electron chi connectivity index (χ0n) is 17.5. The zero-order valence-corrected chi connectivity index (χ0v) is 17.5. The van der Waals surface area contributed by atoms with E-state index in [0.717, 1.165) is 24.2 Å². The van der Waals surface area contributed by atoms with Crippen LogP contribution in [0.3, 0.4) is 0 Å². The number of carbonyl (C=O) groups excluding carboxylic acids is 1. The van der Waals surface area contributed by atoms with Crippen LogP contribution >= 0.6 is 0 Å². The number of anilines is 4. The summed E-state index contributed by atoms with van der Waals surface area (Å²) in [6.07, 6.45) is 6.11. The molecule has 0 saturated heterocycles. The van der Waals surface area contributed by atoms with Gasteiger partial charge in [0.05, 0.1) is 0 Å². The maximum absolute atomic E-state index is 13.3. The molecule has 0 radical (unpaired) electrons. The van der Waals surface area contributed by atoms with E-state index in [-0.39, 0.29) is 11.5 Å². The number of carbonyl (C=O) groups is 1. The van der Waals surface area contributed by atoms with Gasteiger partial charge in [-0.3, -0.25) is 4.79 Å². The topological polar surface area (TPSA) is 78.9 Å². The van der Waals surface area contributed by atoms with Crippen molar-refractivity contribution >= 4 is 29.0 Å². The van der Waals surface area contributed by atoms with Gasteiger partial charge in [-0.25, -0.2) is 9.37 Å². The van der Waals surface area contributed by atoms with E-state index < -0.39 is 5.82 Å². The lowest BCUT2D eigenvalue weighted by Gasteiger charge is -2.23. The predicted molar refractivity (Wildman–Crippen MR) is 121 cm³/mol. The highest BCUT2D eigenvalue weighted by Gasteiger charge is 2.15. The number of hydrogen-bond donors (Lipinski definition) is 3. The number of halogens is 1. The van der Waals surface area contributed by atoms with Gasteiger partial charge in [-0.15, -0.1) is 0 Å². The number of amides is 1. The molecule has 0 aliphatic heterocycles. The first-order valence-corrected chi connectivity index (χ1v) is 10.6. The van der Waals surface area contributed by atoms with Crippen LogP contribution in [-0.4, -0.2) is 21.9 Å². The lowest BCUT2D eigenvalue weighted by molar-refractivity contribution is 0.102. The molecule has 1 aliphatic rings. The molecule has 1 heterocycles. The Morgan fingerprint density at radius 1 is 0.968 bits per heavy atom. The maximum Gasteiger partial charge on any atom is 0.255 e. The van der Waals surface area contributed by atoms with Crippen molar-refractivity contribution in [2.75, 3.05) is 16.0 Å². The van der Waals surface area contributed by atoms with E-state index in [2.05, 4.69) is 25.9 Å². The Labute approximate surface area is 181 Å². The van der Waals surface area contributed by atoms with Crippen LogP contribution in [0.4, 0.5) is 27.5 Å². The van der Waals surface area contributed by atoms with Gasteiger partial charge >= 0.3 is 0 Å². The third-order valence-corrected chi connectivity index (χ3v) is 5.29. The van der Waals surface area contributed by atoms with Crippen molar-refractivity contribution in [3.05, 3.63) is 71.7 Å². The monoisotopic (exact) mass is 419 g/mol. The molecule has 0 unspecified atom stereocenters. The quantitative estimate of drug-likeness (QED) is 0.480. The molecule has 1 fully saturated rings. The van der Waals surface area contributed by atoms with Gasteiger partial charge in [-0.05, 0) is 62.2 Å². The Hall–Kier alpha value is -3.48. The first-order valence-electron chi connectivity index (χ1n) is 10.6. The fourth-order valence-electron chi connectivity index (χ4n) is 3.74. The average molecular weight is 420 g/mol. The van der Waals surface area contributed by atoms with E-state index in [9.17, 15) is 9.18 Å². The predicted octanol–water partition coefficient (Wildman–Crippen LogP) is 5.66. The van der Waals surface area contributed by atoms with Crippen molar-refractivity contribution in [3.63, 3.8) is 0 Å². The van der Waals surface area contributed by atoms with E-state index in [1.165, 1.54) is 37.5 Å².